The van der Waals surface area contributed by atoms with Crippen LogP contribution in [0.15, 0.2) is 156 Å². The molecule has 0 amide bonds. The maximum atomic E-state index is 5.98. The fourth-order valence-electron chi connectivity index (χ4n) is 5.19. The fraction of sp³-hybridized carbons (Fsp3) is 0.163. The van der Waals surface area contributed by atoms with E-state index < -0.39 is 0 Å². The predicted molar refractivity (Wildman–Crippen MR) is 198 cm³/mol. The third-order valence-electron chi connectivity index (χ3n) is 8.21. The van der Waals surface area contributed by atoms with Crippen LogP contribution in [-0.2, 0) is 19.6 Å². The highest BCUT2D eigenvalue weighted by atomic mass is 16.5. The molecule has 2 aromatic heterocycles. The van der Waals surface area contributed by atoms with Crippen molar-refractivity contribution in [1.82, 2.24) is 9.97 Å². The molecule has 0 radical (unpaired) electrons. The lowest BCUT2D eigenvalue weighted by Crippen LogP contribution is -1.98. The Morgan fingerprint density at radius 1 is 0.490 bits per heavy atom. The molecule has 0 fully saturated rings. The van der Waals surface area contributed by atoms with Gasteiger partial charge in [-0.3, -0.25) is 20.0 Å². The zero-order valence-electron chi connectivity index (χ0n) is 27.9. The number of ether oxygens (including phenoxy) is 2. The second-order valence-electron chi connectivity index (χ2n) is 12.0. The highest BCUT2D eigenvalue weighted by Crippen LogP contribution is 2.19. The summed E-state index contributed by atoms with van der Waals surface area (Å²) in [7, 11) is 0. The lowest BCUT2D eigenvalue weighted by Gasteiger charge is -2.09. The summed E-state index contributed by atoms with van der Waals surface area (Å²) in [6, 6.07) is 45.4. The minimum Gasteiger partial charge on any atom is -0.487 e. The monoisotopic (exact) mass is 644 g/mol. The van der Waals surface area contributed by atoms with Crippen LogP contribution in [0.25, 0.3) is 0 Å². The van der Waals surface area contributed by atoms with Gasteiger partial charge in [-0.15, -0.1) is 0 Å². The van der Waals surface area contributed by atoms with Crippen LogP contribution in [0.5, 0.6) is 11.5 Å². The average Bonchev–Trinajstić information content (AvgIpc) is 3.17. The molecule has 0 saturated carbocycles. The SMILES string of the molecule is C[C@@H](N=Cc1ccc(OCc2ccc(Cc3ccc(COc4ccc(C=N[C@H](C)c5ccccc5)nc4)cc3)cc2)cn1)c1ccccc1. The third kappa shape index (κ3) is 10.1. The number of aromatic nitrogens is 2. The molecular weight excluding hydrogens is 604 g/mol. The lowest BCUT2D eigenvalue weighted by molar-refractivity contribution is 0.305. The van der Waals surface area contributed by atoms with E-state index in [9.17, 15) is 0 Å². The number of pyridine rings is 2. The van der Waals surface area contributed by atoms with E-state index in [1.807, 2.05) is 73.1 Å². The molecule has 0 unspecified atom stereocenters. The van der Waals surface area contributed by atoms with E-state index >= 15 is 0 Å². The Bertz CT molecular complexity index is 1780. The smallest absolute Gasteiger partial charge is 0.138 e. The Balaban J connectivity index is 0.922. The van der Waals surface area contributed by atoms with Crippen molar-refractivity contribution in [2.75, 3.05) is 0 Å². The van der Waals surface area contributed by atoms with Crippen LogP contribution < -0.4 is 9.47 Å². The zero-order chi connectivity index (χ0) is 33.7. The minimum atomic E-state index is 0.0788. The summed E-state index contributed by atoms with van der Waals surface area (Å²) in [5.74, 6) is 1.46. The molecule has 6 nitrogen and oxygen atoms in total. The van der Waals surface area contributed by atoms with Gasteiger partial charge in [-0.2, -0.15) is 0 Å². The van der Waals surface area contributed by atoms with Gasteiger partial charge in [-0.1, -0.05) is 109 Å². The number of aliphatic imine (C=N–C) groups is 2. The van der Waals surface area contributed by atoms with Crippen LogP contribution in [0.1, 0.15) is 70.7 Å². The van der Waals surface area contributed by atoms with Crippen molar-refractivity contribution >= 4 is 12.4 Å². The first kappa shape index (κ1) is 33.0. The molecule has 0 saturated heterocycles. The van der Waals surface area contributed by atoms with Crippen molar-refractivity contribution < 1.29 is 9.47 Å². The quantitative estimate of drug-likeness (QED) is 0.111. The van der Waals surface area contributed by atoms with E-state index in [0.717, 1.165) is 40.4 Å². The van der Waals surface area contributed by atoms with Crippen molar-refractivity contribution in [3.05, 3.63) is 191 Å². The van der Waals surface area contributed by atoms with Gasteiger partial charge < -0.3 is 9.47 Å². The van der Waals surface area contributed by atoms with Crippen LogP contribution in [0.3, 0.4) is 0 Å². The molecule has 2 heterocycles. The number of benzene rings is 4. The summed E-state index contributed by atoms with van der Waals surface area (Å²) in [5.41, 5.74) is 8.67. The van der Waals surface area contributed by atoms with Crippen molar-refractivity contribution in [2.45, 2.75) is 45.6 Å². The van der Waals surface area contributed by atoms with Gasteiger partial charge in [0.25, 0.3) is 0 Å². The van der Waals surface area contributed by atoms with E-state index in [4.69, 9.17) is 9.47 Å². The summed E-state index contributed by atoms with van der Waals surface area (Å²) in [6.07, 6.45) is 7.97. The van der Waals surface area contributed by atoms with Crippen LogP contribution in [0, 0.1) is 0 Å². The summed E-state index contributed by atoms with van der Waals surface area (Å²) in [6.45, 7) is 5.11. The Labute approximate surface area is 288 Å². The fourth-order valence-corrected chi connectivity index (χ4v) is 5.19. The second-order valence-corrected chi connectivity index (χ2v) is 12.0. The highest BCUT2D eigenvalue weighted by Gasteiger charge is 2.05. The van der Waals surface area contributed by atoms with Crippen molar-refractivity contribution in [3.8, 4) is 11.5 Å². The Hall–Kier alpha value is -5.88. The summed E-state index contributed by atoms with van der Waals surface area (Å²) in [5, 5.41) is 0. The first-order valence-electron chi connectivity index (χ1n) is 16.6. The summed E-state index contributed by atoms with van der Waals surface area (Å²) < 4.78 is 12.0. The second kappa shape index (κ2) is 16.8. The molecule has 0 spiro atoms. The number of rotatable bonds is 14. The Morgan fingerprint density at radius 2 is 0.878 bits per heavy atom. The van der Waals surface area contributed by atoms with E-state index in [1.165, 1.54) is 22.3 Å². The molecule has 2 atom stereocenters. The van der Waals surface area contributed by atoms with Gasteiger partial charge in [0.05, 0.1) is 35.9 Å². The Kier molecular flexibility index (Phi) is 11.3. The maximum Gasteiger partial charge on any atom is 0.138 e. The van der Waals surface area contributed by atoms with Gasteiger partial charge in [-0.05, 0) is 77.9 Å². The van der Waals surface area contributed by atoms with E-state index in [0.29, 0.717) is 13.2 Å². The molecule has 0 aliphatic rings. The molecule has 0 N–H and O–H groups in total. The minimum absolute atomic E-state index is 0.0788. The normalized spacial score (nSPS) is 12.6. The molecule has 0 bridgehead atoms. The Morgan fingerprint density at radius 3 is 1.24 bits per heavy atom. The van der Waals surface area contributed by atoms with Crippen LogP contribution in [0.4, 0.5) is 0 Å². The van der Waals surface area contributed by atoms with Crippen LogP contribution >= 0.6 is 0 Å². The van der Waals surface area contributed by atoms with Gasteiger partial charge in [0.15, 0.2) is 0 Å². The molecule has 49 heavy (non-hydrogen) atoms. The molecule has 6 heteroatoms. The van der Waals surface area contributed by atoms with E-state index in [-0.39, 0.29) is 12.1 Å². The topological polar surface area (TPSA) is 69.0 Å². The van der Waals surface area contributed by atoms with Crippen LogP contribution in [0.2, 0.25) is 0 Å². The van der Waals surface area contributed by atoms with Crippen LogP contribution in [-0.4, -0.2) is 22.4 Å². The van der Waals surface area contributed by atoms with E-state index in [2.05, 4.69) is 107 Å². The summed E-state index contributed by atoms with van der Waals surface area (Å²) >= 11 is 0. The zero-order valence-corrected chi connectivity index (χ0v) is 27.9. The lowest BCUT2D eigenvalue weighted by atomic mass is 10.0. The number of hydrogen-bond acceptors (Lipinski definition) is 6. The van der Waals surface area contributed by atoms with Gasteiger partial charge in [-0.25, -0.2) is 0 Å². The number of nitrogens with zero attached hydrogens (tertiary/aromatic N) is 4. The third-order valence-corrected chi connectivity index (χ3v) is 8.21. The van der Waals surface area contributed by atoms with Gasteiger partial charge >= 0.3 is 0 Å². The van der Waals surface area contributed by atoms with Crippen molar-refractivity contribution in [3.63, 3.8) is 0 Å². The first-order valence-corrected chi connectivity index (χ1v) is 16.6. The van der Waals surface area contributed by atoms with Gasteiger partial charge in [0.2, 0.25) is 0 Å². The van der Waals surface area contributed by atoms with Gasteiger partial charge in [0.1, 0.15) is 24.7 Å². The molecule has 6 aromatic rings. The van der Waals surface area contributed by atoms with Crippen molar-refractivity contribution in [2.24, 2.45) is 9.98 Å². The molecule has 0 aliphatic carbocycles. The molecule has 6 rings (SSSR count). The van der Waals surface area contributed by atoms with Crippen molar-refractivity contribution in [1.29, 1.82) is 0 Å². The molecule has 4 aromatic carbocycles. The largest absolute Gasteiger partial charge is 0.487 e. The molecule has 244 valence electrons. The number of hydrogen-bond donors (Lipinski definition) is 0. The standard InChI is InChI=1S/C43H40N4O2/c1-32(38-9-5-3-6-10-38)44-26-40-21-23-42(28-46-40)48-30-36-17-13-34(14-18-36)25-35-15-19-37(20-16-35)31-49-43-24-22-41(47-29-43)27-45-33(2)39-11-7-4-8-12-39/h3-24,26-29,32-33H,25,30-31H2,1-2H3/t32-,33-/m1/s1. The molecular formula is C43H40N4O2. The molecule has 0 aliphatic heterocycles. The van der Waals surface area contributed by atoms with Gasteiger partial charge in [0, 0.05) is 12.4 Å². The maximum absolute atomic E-state index is 5.98. The van der Waals surface area contributed by atoms with E-state index in [1.54, 1.807) is 12.4 Å². The highest BCUT2D eigenvalue weighted by molar-refractivity contribution is 5.77. The summed E-state index contributed by atoms with van der Waals surface area (Å²) in [4.78, 5) is 18.2. The average molecular weight is 645 g/mol. The predicted octanol–water partition coefficient (Wildman–Crippen LogP) is 9.59. The first-order chi connectivity index (χ1) is 24.1.